The van der Waals surface area contributed by atoms with Crippen molar-refractivity contribution in [1.82, 2.24) is 15.2 Å². The lowest BCUT2D eigenvalue weighted by Gasteiger charge is -2.30. The molecule has 1 aliphatic heterocycles. The molecule has 7 heteroatoms. The largest absolute Gasteiger partial charge is 0.466 e. The molecule has 1 fully saturated rings. The lowest BCUT2D eigenvalue weighted by atomic mass is 10.1. The van der Waals surface area contributed by atoms with Gasteiger partial charge < -0.3 is 9.64 Å². The molecule has 1 amide bonds. The maximum atomic E-state index is 12.4. The van der Waals surface area contributed by atoms with E-state index < -0.39 is 0 Å². The van der Waals surface area contributed by atoms with Crippen LogP contribution in [-0.2, 0) is 9.53 Å². The van der Waals surface area contributed by atoms with Crippen molar-refractivity contribution in [2.24, 2.45) is 0 Å². The van der Waals surface area contributed by atoms with Gasteiger partial charge in [0.05, 0.1) is 13.0 Å². The molecule has 1 aromatic heterocycles. The van der Waals surface area contributed by atoms with Crippen LogP contribution in [0.15, 0.2) is 22.8 Å². The van der Waals surface area contributed by atoms with Crippen LogP contribution in [0.1, 0.15) is 23.2 Å². The first-order chi connectivity index (χ1) is 9.65. The molecule has 20 heavy (non-hydrogen) atoms. The number of cyclic esters (lactones) is 1. The third kappa shape index (κ3) is 2.22. The van der Waals surface area contributed by atoms with Crippen LogP contribution in [0.2, 0.25) is 0 Å². The van der Waals surface area contributed by atoms with Crippen molar-refractivity contribution < 1.29 is 19.0 Å². The Kier molecular flexibility index (Phi) is 3.09. The number of carbonyl (C=O) groups excluding carboxylic acids is 2. The summed E-state index contributed by atoms with van der Waals surface area (Å²) in [5, 5.41) is 7.41. The van der Waals surface area contributed by atoms with Crippen LogP contribution in [0.4, 0.5) is 0 Å². The minimum absolute atomic E-state index is 0.130. The number of carbonyl (C=O) groups is 2. The fourth-order valence-corrected chi connectivity index (χ4v) is 2.28. The predicted molar refractivity (Wildman–Crippen MR) is 67.9 cm³/mol. The second-order valence-electron chi connectivity index (χ2n) is 4.75. The number of ether oxygens (including phenoxy) is 1. The van der Waals surface area contributed by atoms with E-state index in [1.54, 1.807) is 30.1 Å². The molecular formula is C13H13N3O4. The van der Waals surface area contributed by atoms with E-state index in [9.17, 15) is 9.59 Å². The zero-order chi connectivity index (χ0) is 14.1. The van der Waals surface area contributed by atoms with E-state index in [2.05, 4.69) is 14.9 Å². The molecule has 1 aromatic carbocycles. The molecule has 1 aliphatic rings. The fraction of sp³-hybridized carbons (Fsp3) is 0.385. The van der Waals surface area contributed by atoms with Gasteiger partial charge in [0.15, 0.2) is 0 Å². The number of hydrogen-bond donors (Lipinski definition) is 0. The molecule has 0 spiro atoms. The average molecular weight is 275 g/mol. The highest BCUT2D eigenvalue weighted by Gasteiger charge is 2.27. The van der Waals surface area contributed by atoms with Gasteiger partial charge in [-0.05, 0) is 28.5 Å². The summed E-state index contributed by atoms with van der Waals surface area (Å²) in [6, 6.07) is 4.86. The Balaban J connectivity index is 1.81. The van der Waals surface area contributed by atoms with Gasteiger partial charge in [-0.25, -0.2) is 4.63 Å². The number of rotatable bonds is 2. The van der Waals surface area contributed by atoms with Crippen LogP contribution in [0.3, 0.4) is 0 Å². The highest BCUT2D eigenvalue weighted by atomic mass is 16.6. The van der Waals surface area contributed by atoms with E-state index >= 15 is 0 Å². The van der Waals surface area contributed by atoms with Gasteiger partial charge in [-0.2, -0.15) is 0 Å². The number of hydrogen-bond acceptors (Lipinski definition) is 6. The molecular weight excluding hydrogens is 262 g/mol. The summed E-state index contributed by atoms with van der Waals surface area (Å²) in [5.74, 6) is -0.424. The SMILES string of the molecule is CN(C(=O)c1ccc2nonc2c1)C1CCOC(=O)C1. The Morgan fingerprint density at radius 3 is 2.95 bits per heavy atom. The van der Waals surface area contributed by atoms with Gasteiger partial charge >= 0.3 is 5.97 Å². The maximum absolute atomic E-state index is 12.4. The molecule has 2 aromatic rings. The molecule has 104 valence electrons. The molecule has 1 unspecified atom stereocenters. The molecule has 7 nitrogen and oxygen atoms in total. The van der Waals surface area contributed by atoms with Gasteiger partial charge in [0, 0.05) is 25.1 Å². The van der Waals surface area contributed by atoms with Crippen molar-refractivity contribution in [2.45, 2.75) is 18.9 Å². The van der Waals surface area contributed by atoms with Crippen LogP contribution in [0.25, 0.3) is 11.0 Å². The van der Waals surface area contributed by atoms with Gasteiger partial charge in [0.1, 0.15) is 11.0 Å². The third-order valence-corrected chi connectivity index (χ3v) is 3.49. The monoisotopic (exact) mass is 275 g/mol. The first kappa shape index (κ1) is 12.6. The molecule has 0 N–H and O–H groups in total. The summed E-state index contributed by atoms with van der Waals surface area (Å²) in [4.78, 5) is 25.3. The van der Waals surface area contributed by atoms with Crippen LogP contribution < -0.4 is 0 Å². The summed E-state index contributed by atoms with van der Waals surface area (Å²) in [6.07, 6.45) is 0.887. The Morgan fingerprint density at radius 1 is 1.35 bits per heavy atom. The van der Waals surface area contributed by atoms with Crippen molar-refractivity contribution in [2.75, 3.05) is 13.7 Å². The highest BCUT2D eigenvalue weighted by Crippen LogP contribution is 2.18. The molecule has 1 atom stereocenters. The molecule has 0 bridgehead atoms. The summed E-state index contributed by atoms with van der Waals surface area (Å²) >= 11 is 0. The lowest BCUT2D eigenvalue weighted by molar-refractivity contribution is -0.149. The Bertz CT molecular complexity index is 666. The Labute approximate surface area is 114 Å². The highest BCUT2D eigenvalue weighted by molar-refractivity contribution is 5.97. The summed E-state index contributed by atoms with van der Waals surface area (Å²) in [7, 11) is 1.69. The fourth-order valence-electron chi connectivity index (χ4n) is 2.28. The number of nitrogens with zero attached hydrogens (tertiary/aromatic N) is 3. The molecule has 0 saturated carbocycles. The second kappa shape index (κ2) is 4.92. The minimum Gasteiger partial charge on any atom is -0.466 e. The van der Waals surface area contributed by atoms with Crippen molar-refractivity contribution >= 4 is 22.9 Å². The molecule has 3 rings (SSSR count). The normalized spacial score (nSPS) is 18.9. The van der Waals surface area contributed by atoms with E-state index in [-0.39, 0.29) is 24.3 Å². The van der Waals surface area contributed by atoms with Crippen molar-refractivity contribution in [1.29, 1.82) is 0 Å². The molecule has 0 radical (unpaired) electrons. The summed E-state index contributed by atoms with van der Waals surface area (Å²) in [5.41, 5.74) is 1.63. The van der Waals surface area contributed by atoms with Crippen LogP contribution >= 0.6 is 0 Å². The van der Waals surface area contributed by atoms with Crippen LogP contribution in [0, 0.1) is 0 Å². The lowest BCUT2D eigenvalue weighted by Crippen LogP contribution is -2.42. The molecule has 0 aliphatic carbocycles. The quantitative estimate of drug-likeness (QED) is 0.760. The van der Waals surface area contributed by atoms with Crippen LogP contribution in [0.5, 0.6) is 0 Å². The number of esters is 1. The second-order valence-corrected chi connectivity index (χ2v) is 4.75. The van der Waals surface area contributed by atoms with E-state index in [0.29, 0.717) is 29.6 Å². The average Bonchev–Trinajstić information content (AvgIpc) is 2.93. The summed E-state index contributed by atoms with van der Waals surface area (Å²) < 4.78 is 9.49. The summed E-state index contributed by atoms with van der Waals surface area (Å²) in [6.45, 7) is 0.355. The molecule has 1 saturated heterocycles. The number of fused-ring (bicyclic) bond motifs is 1. The Hall–Kier alpha value is -2.44. The number of aromatic nitrogens is 2. The maximum Gasteiger partial charge on any atom is 0.307 e. The van der Waals surface area contributed by atoms with Crippen LogP contribution in [-0.4, -0.2) is 46.8 Å². The van der Waals surface area contributed by atoms with Crippen molar-refractivity contribution in [3.63, 3.8) is 0 Å². The van der Waals surface area contributed by atoms with Gasteiger partial charge in [0.25, 0.3) is 5.91 Å². The first-order valence-electron chi connectivity index (χ1n) is 6.30. The van der Waals surface area contributed by atoms with Gasteiger partial charge in [-0.3, -0.25) is 9.59 Å². The molecule has 2 heterocycles. The van der Waals surface area contributed by atoms with E-state index in [1.807, 2.05) is 0 Å². The standard InChI is InChI=1S/C13H13N3O4/c1-16(9-4-5-19-12(17)7-9)13(18)8-2-3-10-11(6-8)15-20-14-10/h2-3,6,9H,4-5,7H2,1H3. The third-order valence-electron chi connectivity index (χ3n) is 3.49. The first-order valence-corrected chi connectivity index (χ1v) is 6.30. The minimum atomic E-state index is -0.267. The van der Waals surface area contributed by atoms with Crippen molar-refractivity contribution in [3.05, 3.63) is 23.8 Å². The van der Waals surface area contributed by atoms with Gasteiger partial charge in [0.2, 0.25) is 0 Å². The smallest absolute Gasteiger partial charge is 0.307 e. The van der Waals surface area contributed by atoms with Gasteiger partial charge in [-0.15, -0.1) is 0 Å². The zero-order valence-corrected chi connectivity index (χ0v) is 10.9. The predicted octanol–water partition coefficient (Wildman–Crippen LogP) is 1.00. The van der Waals surface area contributed by atoms with E-state index in [0.717, 1.165) is 0 Å². The zero-order valence-electron chi connectivity index (χ0n) is 10.9. The van der Waals surface area contributed by atoms with E-state index in [4.69, 9.17) is 4.74 Å². The van der Waals surface area contributed by atoms with E-state index in [1.165, 1.54) is 0 Å². The number of amides is 1. The van der Waals surface area contributed by atoms with Gasteiger partial charge in [-0.1, -0.05) is 0 Å². The topological polar surface area (TPSA) is 85.5 Å². The number of benzene rings is 1. The van der Waals surface area contributed by atoms with Crippen molar-refractivity contribution in [3.8, 4) is 0 Å². The Morgan fingerprint density at radius 2 is 2.15 bits per heavy atom.